The van der Waals surface area contributed by atoms with Crippen LogP contribution >= 0.6 is 0 Å². The highest BCUT2D eigenvalue weighted by atomic mass is 32.2. The number of sulfonamides is 1. The Morgan fingerprint density at radius 3 is 2.52 bits per heavy atom. The van der Waals surface area contributed by atoms with Gasteiger partial charge in [0.15, 0.2) is 0 Å². The first kappa shape index (κ1) is 16.3. The van der Waals surface area contributed by atoms with Gasteiger partial charge in [0, 0.05) is 12.6 Å². The van der Waals surface area contributed by atoms with E-state index in [9.17, 15) is 8.42 Å². The lowest BCUT2D eigenvalue weighted by molar-refractivity contribution is 0.391. The number of nitrogens with one attached hydrogen (secondary N) is 2. The average molecular weight is 310 g/mol. The molecule has 2 N–H and O–H groups in total. The molecule has 0 saturated heterocycles. The lowest BCUT2D eigenvalue weighted by Crippen LogP contribution is -2.28. The summed E-state index contributed by atoms with van der Waals surface area (Å²) in [7, 11) is -3.43. The van der Waals surface area contributed by atoms with Gasteiger partial charge < -0.3 is 5.32 Å². The monoisotopic (exact) mass is 310 g/mol. The number of anilines is 1. The third-order valence-corrected chi connectivity index (χ3v) is 6.21. The van der Waals surface area contributed by atoms with Gasteiger partial charge in [-0.2, -0.15) is 0 Å². The Hall–Kier alpha value is -1.07. The Kier molecular flexibility index (Phi) is 5.27. The zero-order chi connectivity index (χ0) is 15.5. The van der Waals surface area contributed by atoms with Gasteiger partial charge in [-0.25, -0.2) is 13.1 Å². The van der Waals surface area contributed by atoms with Gasteiger partial charge in [0.25, 0.3) is 0 Å². The van der Waals surface area contributed by atoms with Crippen molar-refractivity contribution in [1.29, 1.82) is 0 Å². The smallest absolute Gasteiger partial charge is 0.242 e. The second kappa shape index (κ2) is 6.79. The van der Waals surface area contributed by atoms with Crippen LogP contribution in [0.2, 0.25) is 0 Å². The van der Waals surface area contributed by atoms with Crippen molar-refractivity contribution in [1.82, 2.24) is 4.72 Å². The molecule has 4 nitrogen and oxygen atoms in total. The fraction of sp³-hybridized carbons (Fsp3) is 0.625. The van der Waals surface area contributed by atoms with Gasteiger partial charge in [0.2, 0.25) is 10.0 Å². The fourth-order valence-corrected chi connectivity index (χ4v) is 4.52. The molecular weight excluding hydrogens is 284 g/mol. The van der Waals surface area contributed by atoms with Crippen LogP contribution in [0.1, 0.15) is 40.0 Å². The minimum atomic E-state index is -3.43. The van der Waals surface area contributed by atoms with E-state index in [0.717, 1.165) is 12.3 Å². The topological polar surface area (TPSA) is 58.2 Å². The van der Waals surface area contributed by atoms with Crippen molar-refractivity contribution in [2.75, 3.05) is 11.9 Å². The van der Waals surface area contributed by atoms with E-state index in [1.54, 1.807) is 19.1 Å². The van der Waals surface area contributed by atoms with Gasteiger partial charge in [-0.05, 0) is 36.8 Å². The number of para-hydroxylation sites is 1. The Bertz CT molecular complexity index is 571. The predicted molar refractivity (Wildman–Crippen MR) is 86.9 cm³/mol. The molecule has 1 aliphatic rings. The Morgan fingerprint density at radius 1 is 1.19 bits per heavy atom. The van der Waals surface area contributed by atoms with E-state index in [0.29, 0.717) is 29.1 Å². The summed E-state index contributed by atoms with van der Waals surface area (Å²) < 4.78 is 27.1. The quantitative estimate of drug-likeness (QED) is 0.848. The van der Waals surface area contributed by atoms with Crippen LogP contribution < -0.4 is 10.0 Å². The minimum Gasteiger partial charge on any atom is -0.381 e. The molecule has 3 unspecified atom stereocenters. The number of hydrogen-bond donors (Lipinski definition) is 2. The summed E-state index contributed by atoms with van der Waals surface area (Å²) >= 11 is 0. The number of rotatable bonds is 6. The van der Waals surface area contributed by atoms with Crippen LogP contribution in [-0.4, -0.2) is 21.0 Å². The van der Waals surface area contributed by atoms with E-state index in [4.69, 9.17) is 0 Å². The summed E-state index contributed by atoms with van der Waals surface area (Å²) in [6, 6.07) is 7.52. The Labute approximate surface area is 128 Å². The van der Waals surface area contributed by atoms with Crippen molar-refractivity contribution in [3.63, 3.8) is 0 Å². The van der Waals surface area contributed by atoms with Gasteiger partial charge >= 0.3 is 0 Å². The summed E-state index contributed by atoms with van der Waals surface area (Å²) in [5, 5.41) is 3.47. The van der Waals surface area contributed by atoms with Gasteiger partial charge in [-0.1, -0.05) is 39.3 Å². The molecule has 0 amide bonds. The van der Waals surface area contributed by atoms with Crippen molar-refractivity contribution >= 4 is 15.7 Å². The Balaban J connectivity index is 2.22. The third kappa shape index (κ3) is 3.58. The molecule has 0 spiro atoms. The van der Waals surface area contributed by atoms with Crippen molar-refractivity contribution in [2.45, 2.75) is 51.0 Å². The van der Waals surface area contributed by atoms with Crippen molar-refractivity contribution in [3.8, 4) is 0 Å². The molecule has 1 aromatic rings. The maximum atomic E-state index is 12.3. The molecule has 0 aromatic heterocycles. The van der Waals surface area contributed by atoms with Gasteiger partial charge in [0.1, 0.15) is 4.90 Å². The highest BCUT2D eigenvalue weighted by molar-refractivity contribution is 7.89. The second-order valence-electron chi connectivity index (χ2n) is 5.85. The molecule has 3 atom stereocenters. The minimum absolute atomic E-state index is 0.346. The number of hydrogen-bond acceptors (Lipinski definition) is 3. The summed E-state index contributed by atoms with van der Waals surface area (Å²) in [6.45, 7) is 6.68. The summed E-state index contributed by atoms with van der Waals surface area (Å²) in [5.41, 5.74) is 0.715. The lowest BCUT2D eigenvalue weighted by Gasteiger charge is -2.23. The van der Waals surface area contributed by atoms with Crippen LogP contribution in [-0.2, 0) is 10.0 Å². The van der Waals surface area contributed by atoms with E-state index >= 15 is 0 Å². The standard InChI is InChI=1S/C16H26N2O2S/c1-4-13-10-11-14(12(13)3)18-15-8-6-7-9-16(15)21(19,20)17-5-2/h6-9,12-14,17-18H,4-5,10-11H2,1-3H3. The molecule has 0 heterocycles. The van der Waals surface area contributed by atoms with Crippen LogP contribution in [0.15, 0.2) is 29.2 Å². The summed E-state index contributed by atoms with van der Waals surface area (Å²) in [5.74, 6) is 1.31. The summed E-state index contributed by atoms with van der Waals surface area (Å²) in [6.07, 6.45) is 3.52. The highest BCUT2D eigenvalue weighted by Crippen LogP contribution is 2.36. The van der Waals surface area contributed by atoms with Crippen LogP contribution in [0.4, 0.5) is 5.69 Å². The SMILES string of the molecule is CCNS(=O)(=O)c1ccccc1NC1CCC(CC)C1C. The first-order chi connectivity index (χ1) is 9.99. The van der Waals surface area contributed by atoms with Crippen molar-refractivity contribution < 1.29 is 8.42 Å². The third-order valence-electron chi connectivity index (χ3n) is 4.60. The predicted octanol–water partition coefficient (Wildman–Crippen LogP) is 3.22. The second-order valence-corrected chi connectivity index (χ2v) is 7.59. The molecule has 118 valence electrons. The molecule has 1 aliphatic carbocycles. The van der Waals surface area contributed by atoms with E-state index in [-0.39, 0.29) is 0 Å². The normalized spacial score (nSPS) is 26.0. The number of benzene rings is 1. The van der Waals surface area contributed by atoms with Gasteiger partial charge in [0.05, 0.1) is 5.69 Å². The zero-order valence-electron chi connectivity index (χ0n) is 13.1. The molecule has 1 fully saturated rings. The molecule has 0 bridgehead atoms. The first-order valence-corrected chi connectivity index (χ1v) is 9.33. The molecule has 2 rings (SSSR count). The lowest BCUT2D eigenvalue weighted by atomic mass is 9.93. The van der Waals surface area contributed by atoms with E-state index < -0.39 is 10.0 Å². The van der Waals surface area contributed by atoms with E-state index in [1.807, 2.05) is 12.1 Å². The van der Waals surface area contributed by atoms with Gasteiger partial charge in [-0.3, -0.25) is 0 Å². The molecule has 5 heteroatoms. The highest BCUT2D eigenvalue weighted by Gasteiger charge is 2.32. The zero-order valence-corrected chi connectivity index (χ0v) is 13.9. The maximum Gasteiger partial charge on any atom is 0.242 e. The van der Waals surface area contributed by atoms with Crippen LogP contribution in [0.3, 0.4) is 0 Å². The van der Waals surface area contributed by atoms with Gasteiger partial charge in [-0.15, -0.1) is 0 Å². The Morgan fingerprint density at radius 2 is 1.90 bits per heavy atom. The molecule has 0 radical (unpaired) electrons. The molecule has 21 heavy (non-hydrogen) atoms. The van der Waals surface area contributed by atoms with Crippen LogP contribution in [0.5, 0.6) is 0 Å². The molecular formula is C16H26N2O2S. The first-order valence-electron chi connectivity index (χ1n) is 7.84. The molecule has 0 aliphatic heterocycles. The van der Waals surface area contributed by atoms with Crippen molar-refractivity contribution in [3.05, 3.63) is 24.3 Å². The summed E-state index contributed by atoms with van der Waals surface area (Å²) in [4.78, 5) is 0.346. The molecule has 1 saturated carbocycles. The fourth-order valence-electron chi connectivity index (χ4n) is 3.32. The van der Waals surface area contributed by atoms with Crippen LogP contribution in [0.25, 0.3) is 0 Å². The molecule has 1 aromatic carbocycles. The van der Waals surface area contributed by atoms with Crippen molar-refractivity contribution in [2.24, 2.45) is 11.8 Å². The van der Waals surface area contributed by atoms with E-state index in [1.165, 1.54) is 12.8 Å². The van der Waals surface area contributed by atoms with Crippen LogP contribution in [0, 0.1) is 11.8 Å². The largest absolute Gasteiger partial charge is 0.381 e. The van der Waals surface area contributed by atoms with E-state index in [2.05, 4.69) is 23.9 Å². The maximum absolute atomic E-state index is 12.3. The average Bonchev–Trinajstić information content (AvgIpc) is 2.80.